The maximum Gasteiger partial charge on any atom is 0.208 e. The Labute approximate surface area is 102 Å². The molecule has 0 bridgehead atoms. The van der Waals surface area contributed by atoms with Gasteiger partial charge in [-0.2, -0.15) is 0 Å². The van der Waals surface area contributed by atoms with Gasteiger partial charge in [-0.15, -0.1) is 21.5 Å². The largest absolute Gasteiger partial charge is 0.344 e. The highest BCUT2D eigenvalue weighted by molar-refractivity contribution is 7.22. The molecule has 1 saturated heterocycles. The van der Waals surface area contributed by atoms with Crippen molar-refractivity contribution in [2.75, 3.05) is 31.1 Å². The minimum absolute atomic E-state index is 1.03. The molecule has 0 amide bonds. The lowest BCUT2D eigenvalue weighted by Gasteiger charge is -2.26. The molecule has 1 fully saturated rings. The van der Waals surface area contributed by atoms with Crippen molar-refractivity contribution in [1.29, 1.82) is 0 Å². The number of aromatic nitrogens is 2. The van der Waals surface area contributed by atoms with Crippen LogP contribution in [0.3, 0.4) is 0 Å². The van der Waals surface area contributed by atoms with E-state index in [4.69, 9.17) is 0 Å². The van der Waals surface area contributed by atoms with E-state index in [1.807, 2.05) is 6.07 Å². The van der Waals surface area contributed by atoms with Gasteiger partial charge in [-0.3, -0.25) is 0 Å². The van der Waals surface area contributed by atoms with Crippen LogP contribution < -0.4 is 10.2 Å². The van der Waals surface area contributed by atoms with Gasteiger partial charge in [0.15, 0.2) is 5.01 Å². The molecule has 3 heterocycles. The van der Waals surface area contributed by atoms with Crippen LogP contribution in [0.4, 0.5) is 5.13 Å². The highest BCUT2D eigenvalue weighted by atomic mass is 32.1. The quantitative estimate of drug-likeness (QED) is 0.883. The summed E-state index contributed by atoms with van der Waals surface area (Å²) in [7, 11) is 0. The van der Waals surface area contributed by atoms with Crippen LogP contribution in [0.25, 0.3) is 9.88 Å². The Morgan fingerprint density at radius 3 is 2.88 bits per heavy atom. The number of nitrogens with zero attached hydrogens (tertiary/aromatic N) is 3. The van der Waals surface area contributed by atoms with Crippen molar-refractivity contribution in [2.24, 2.45) is 0 Å². The fourth-order valence-corrected chi connectivity index (χ4v) is 3.39. The monoisotopic (exact) mass is 252 g/mol. The number of nitrogens with one attached hydrogen (secondary N) is 1. The normalized spacial score (nSPS) is 16.6. The summed E-state index contributed by atoms with van der Waals surface area (Å²) in [5, 5.41) is 16.0. The first-order chi connectivity index (χ1) is 7.93. The van der Waals surface area contributed by atoms with Crippen LogP contribution in [-0.4, -0.2) is 36.4 Å². The Morgan fingerprint density at radius 2 is 2.12 bits per heavy atom. The summed E-state index contributed by atoms with van der Waals surface area (Å²) in [5.41, 5.74) is 0. The number of piperazine rings is 1. The van der Waals surface area contributed by atoms with E-state index in [1.165, 1.54) is 4.88 Å². The molecule has 1 aliphatic heterocycles. The van der Waals surface area contributed by atoms with E-state index in [0.29, 0.717) is 0 Å². The molecule has 2 aromatic heterocycles. The third kappa shape index (κ3) is 1.95. The van der Waals surface area contributed by atoms with Gasteiger partial charge in [0, 0.05) is 26.2 Å². The van der Waals surface area contributed by atoms with Crippen LogP contribution in [0, 0.1) is 0 Å². The van der Waals surface area contributed by atoms with Gasteiger partial charge in [0.25, 0.3) is 0 Å². The summed E-state index contributed by atoms with van der Waals surface area (Å²) in [5.74, 6) is 0. The van der Waals surface area contributed by atoms with Gasteiger partial charge in [-0.05, 0) is 11.4 Å². The first-order valence-corrected chi connectivity index (χ1v) is 6.96. The topological polar surface area (TPSA) is 41.1 Å². The number of hydrogen-bond donors (Lipinski definition) is 1. The molecule has 0 unspecified atom stereocenters. The molecule has 84 valence electrons. The molecule has 6 heteroatoms. The second kappa shape index (κ2) is 4.48. The van der Waals surface area contributed by atoms with E-state index in [1.54, 1.807) is 22.7 Å². The standard InChI is InChI=1S/C10H12N4S2/c1-2-8(15-7-1)9-12-13-10(16-9)14-5-3-11-4-6-14/h1-2,7,11H,3-6H2. The number of rotatable bonds is 2. The zero-order chi connectivity index (χ0) is 10.8. The lowest BCUT2D eigenvalue weighted by Crippen LogP contribution is -2.43. The fourth-order valence-electron chi connectivity index (χ4n) is 1.70. The minimum atomic E-state index is 1.03. The van der Waals surface area contributed by atoms with Gasteiger partial charge in [0.05, 0.1) is 4.88 Å². The third-order valence-corrected chi connectivity index (χ3v) is 4.56. The Morgan fingerprint density at radius 1 is 1.25 bits per heavy atom. The summed E-state index contributed by atoms with van der Waals surface area (Å²) < 4.78 is 0. The van der Waals surface area contributed by atoms with Crippen LogP contribution in [0.1, 0.15) is 0 Å². The second-order valence-electron chi connectivity index (χ2n) is 3.60. The molecule has 4 nitrogen and oxygen atoms in total. The van der Waals surface area contributed by atoms with E-state index in [-0.39, 0.29) is 0 Å². The molecular weight excluding hydrogens is 240 g/mol. The summed E-state index contributed by atoms with van der Waals surface area (Å²) in [6, 6.07) is 4.14. The van der Waals surface area contributed by atoms with Crippen LogP contribution in [-0.2, 0) is 0 Å². The average Bonchev–Trinajstić information content (AvgIpc) is 3.01. The van der Waals surface area contributed by atoms with Crippen LogP contribution in [0.2, 0.25) is 0 Å². The smallest absolute Gasteiger partial charge is 0.208 e. The maximum absolute atomic E-state index is 4.27. The Bertz CT molecular complexity index is 445. The van der Waals surface area contributed by atoms with Gasteiger partial charge >= 0.3 is 0 Å². The molecule has 0 saturated carbocycles. The molecule has 2 aromatic rings. The Kier molecular flexibility index (Phi) is 2.86. The Balaban J connectivity index is 1.82. The molecule has 1 aliphatic rings. The van der Waals surface area contributed by atoms with Crippen molar-refractivity contribution in [2.45, 2.75) is 0 Å². The molecule has 3 rings (SSSR count). The molecule has 1 N–H and O–H groups in total. The molecule has 0 radical (unpaired) electrons. The van der Waals surface area contributed by atoms with Gasteiger partial charge < -0.3 is 10.2 Å². The average molecular weight is 252 g/mol. The molecular formula is C10H12N4S2. The van der Waals surface area contributed by atoms with Gasteiger partial charge in [0.2, 0.25) is 5.13 Å². The van der Waals surface area contributed by atoms with Crippen molar-refractivity contribution >= 4 is 27.8 Å². The SMILES string of the molecule is c1csc(-c2nnc(N3CCNCC3)s2)c1. The van der Waals surface area contributed by atoms with Gasteiger partial charge in [0.1, 0.15) is 0 Å². The highest BCUT2D eigenvalue weighted by Gasteiger charge is 2.15. The molecule has 0 aromatic carbocycles. The van der Waals surface area contributed by atoms with Gasteiger partial charge in [-0.1, -0.05) is 17.4 Å². The second-order valence-corrected chi connectivity index (χ2v) is 5.51. The van der Waals surface area contributed by atoms with Crippen molar-refractivity contribution in [3.8, 4) is 9.88 Å². The van der Waals surface area contributed by atoms with Crippen LogP contribution in [0.5, 0.6) is 0 Å². The van der Waals surface area contributed by atoms with Crippen LogP contribution in [0.15, 0.2) is 17.5 Å². The number of anilines is 1. The first kappa shape index (κ1) is 10.2. The van der Waals surface area contributed by atoms with Gasteiger partial charge in [-0.25, -0.2) is 0 Å². The van der Waals surface area contributed by atoms with Crippen LogP contribution >= 0.6 is 22.7 Å². The number of hydrogen-bond acceptors (Lipinski definition) is 6. The number of thiophene rings is 1. The highest BCUT2D eigenvalue weighted by Crippen LogP contribution is 2.31. The zero-order valence-corrected chi connectivity index (χ0v) is 10.4. The van der Waals surface area contributed by atoms with Crippen molar-refractivity contribution < 1.29 is 0 Å². The maximum atomic E-state index is 4.27. The molecule has 0 spiro atoms. The molecule has 16 heavy (non-hydrogen) atoms. The van der Waals surface area contributed by atoms with E-state index in [9.17, 15) is 0 Å². The van der Waals surface area contributed by atoms with Crippen molar-refractivity contribution in [3.63, 3.8) is 0 Å². The summed E-state index contributed by atoms with van der Waals surface area (Å²) in [6.07, 6.45) is 0. The predicted octanol–water partition coefficient (Wildman–Crippen LogP) is 1.68. The lowest BCUT2D eigenvalue weighted by molar-refractivity contribution is 0.587. The fraction of sp³-hybridized carbons (Fsp3) is 0.400. The van der Waals surface area contributed by atoms with Crippen molar-refractivity contribution in [3.05, 3.63) is 17.5 Å². The van der Waals surface area contributed by atoms with E-state index < -0.39 is 0 Å². The predicted molar refractivity (Wildman–Crippen MR) is 68.3 cm³/mol. The van der Waals surface area contributed by atoms with E-state index in [0.717, 1.165) is 36.3 Å². The summed E-state index contributed by atoms with van der Waals surface area (Å²) in [4.78, 5) is 3.50. The third-order valence-electron chi connectivity index (χ3n) is 2.53. The molecule has 0 aliphatic carbocycles. The Hall–Kier alpha value is -0.980. The minimum Gasteiger partial charge on any atom is -0.344 e. The first-order valence-electron chi connectivity index (χ1n) is 5.26. The lowest BCUT2D eigenvalue weighted by atomic mass is 10.4. The summed E-state index contributed by atoms with van der Waals surface area (Å²) >= 11 is 3.40. The zero-order valence-electron chi connectivity index (χ0n) is 8.72. The van der Waals surface area contributed by atoms with Crippen molar-refractivity contribution in [1.82, 2.24) is 15.5 Å². The summed E-state index contributed by atoms with van der Waals surface area (Å²) in [6.45, 7) is 4.12. The van der Waals surface area contributed by atoms with E-state index >= 15 is 0 Å². The van der Waals surface area contributed by atoms with E-state index in [2.05, 4.69) is 31.9 Å². The molecule has 0 atom stereocenters.